The summed E-state index contributed by atoms with van der Waals surface area (Å²) in [6, 6.07) is 4.49. The second kappa shape index (κ2) is 6.33. The van der Waals surface area contributed by atoms with Gasteiger partial charge in [-0.2, -0.15) is 0 Å². The maximum atomic E-state index is 6.09. The highest BCUT2D eigenvalue weighted by Crippen LogP contribution is 2.28. The maximum absolute atomic E-state index is 6.09. The molecule has 0 N–H and O–H groups in total. The summed E-state index contributed by atoms with van der Waals surface area (Å²) in [5.74, 6) is 0.730. The van der Waals surface area contributed by atoms with Gasteiger partial charge in [0.25, 0.3) is 0 Å². The number of methoxy groups -OCH3 is 1. The third kappa shape index (κ3) is 3.55. The molecule has 0 atom stereocenters. The highest BCUT2D eigenvalue weighted by molar-refractivity contribution is 6.32. The third-order valence-corrected chi connectivity index (χ3v) is 3.28. The summed E-state index contributed by atoms with van der Waals surface area (Å²) < 4.78 is 5.16. The fourth-order valence-corrected chi connectivity index (χ4v) is 1.88. The minimum atomic E-state index is 0.545. The zero-order valence-corrected chi connectivity index (χ0v) is 11.4. The SMILES string of the molecule is COc1cc(C)c(CCN(C)CCl)cc1Cl. The van der Waals surface area contributed by atoms with E-state index in [1.54, 1.807) is 7.11 Å². The Hall–Kier alpha value is -0.440. The van der Waals surface area contributed by atoms with Crippen LogP contribution in [0.4, 0.5) is 0 Å². The van der Waals surface area contributed by atoms with Crippen LogP contribution in [0.25, 0.3) is 0 Å². The molecule has 4 heteroatoms. The fraction of sp³-hybridized carbons (Fsp3) is 0.500. The van der Waals surface area contributed by atoms with Gasteiger partial charge in [-0.15, -0.1) is 11.6 Å². The van der Waals surface area contributed by atoms with Gasteiger partial charge in [0.1, 0.15) is 5.75 Å². The molecule has 0 spiro atoms. The van der Waals surface area contributed by atoms with E-state index >= 15 is 0 Å². The van der Waals surface area contributed by atoms with Crippen LogP contribution in [-0.4, -0.2) is 31.6 Å². The van der Waals surface area contributed by atoms with Crippen molar-refractivity contribution in [2.45, 2.75) is 13.3 Å². The molecule has 1 aromatic rings. The molecule has 0 aliphatic carbocycles. The van der Waals surface area contributed by atoms with E-state index in [1.807, 2.05) is 19.2 Å². The van der Waals surface area contributed by atoms with Crippen LogP contribution in [0.2, 0.25) is 5.02 Å². The first kappa shape index (κ1) is 13.6. The summed E-state index contributed by atoms with van der Waals surface area (Å²) in [6.07, 6.45) is 0.943. The quantitative estimate of drug-likeness (QED) is 0.596. The number of alkyl halides is 1. The zero-order chi connectivity index (χ0) is 12.1. The van der Waals surface area contributed by atoms with Gasteiger partial charge in [-0.05, 0) is 43.7 Å². The Morgan fingerprint density at radius 3 is 2.62 bits per heavy atom. The van der Waals surface area contributed by atoms with Crippen LogP contribution < -0.4 is 4.74 Å². The van der Waals surface area contributed by atoms with Crippen LogP contribution in [0.5, 0.6) is 5.75 Å². The molecule has 0 amide bonds. The Morgan fingerprint density at radius 2 is 2.06 bits per heavy atom. The van der Waals surface area contributed by atoms with Crippen molar-refractivity contribution in [3.63, 3.8) is 0 Å². The predicted molar refractivity (Wildman–Crippen MR) is 69.8 cm³/mol. The number of aryl methyl sites for hydroxylation is 1. The lowest BCUT2D eigenvalue weighted by Gasteiger charge is -2.14. The average molecular weight is 262 g/mol. The lowest BCUT2D eigenvalue weighted by molar-refractivity contribution is 0.393. The van der Waals surface area contributed by atoms with Crippen molar-refractivity contribution < 1.29 is 4.74 Å². The minimum absolute atomic E-state index is 0.545. The molecule has 0 bridgehead atoms. The van der Waals surface area contributed by atoms with E-state index in [2.05, 4.69) is 11.8 Å². The number of benzene rings is 1. The van der Waals surface area contributed by atoms with Gasteiger partial charge in [-0.1, -0.05) is 11.6 Å². The van der Waals surface area contributed by atoms with Crippen LogP contribution in [0.3, 0.4) is 0 Å². The molecule has 90 valence electrons. The lowest BCUT2D eigenvalue weighted by atomic mass is 10.1. The van der Waals surface area contributed by atoms with Crippen molar-refractivity contribution >= 4 is 23.2 Å². The van der Waals surface area contributed by atoms with Gasteiger partial charge in [0, 0.05) is 6.54 Å². The molecule has 0 radical (unpaired) electrons. The monoisotopic (exact) mass is 261 g/mol. The Bertz CT molecular complexity index is 355. The summed E-state index contributed by atoms with van der Waals surface area (Å²) in [5.41, 5.74) is 2.44. The molecule has 0 heterocycles. The number of nitrogens with zero attached hydrogens (tertiary/aromatic N) is 1. The molecule has 1 aromatic carbocycles. The van der Waals surface area contributed by atoms with Crippen LogP contribution >= 0.6 is 23.2 Å². The highest BCUT2D eigenvalue weighted by Gasteiger charge is 2.07. The number of likely N-dealkylation sites (N-methyl/N-ethyl adjacent to an activating group) is 1. The molecule has 0 unspecified atom stereocenters. The van der Waals surface area contributed by atoms with E-state index < -0.39 is 0 Å². The van der Waals surface area contributed by atoms with E-state index in [1.165, 1.54) is 11.1 Å². The number of halogens is 2. The van der Waals surface area contributed by atoms with Crippen molar-refractivity contribution in [2.24, 2.45) is 0 Å². The Labute approximate surface area is 107 Å². The third-order valence-electron chi connectivity index (χ3n) is 2.58. The summed E-state index contributed by atoms with van der Waals surface area (Å²) in [6.45, 7) is 2.99. The van der Waals surface area contributed by atoms with Crippen molar-refractivity contribution in [1.29, 1.82) is 0 Å². The Kier molecular flexibility index (Phi) is 5.39. The minimum Gasteiger partial charge on any atom is -0.495 e. The average Bonchev–Trinajstić information content (AvgIpc) is 2.29. The first-order chi connectivity index (χ1) is 7.58. The zero-order valence-electron chi connectivity index (χ0n) is 9.89. The topological polar surface area (TPSA) is 12.5 Å². The molecule has 0 aliphatic heterocycles. The second-order valence-corrected chi connectivity index (χ2v) is 4.51. The molecular formula is C12H17Cl2NO. The molecule has 1 rings (SSSR count). The summed E-state index contributed by atoms with van der Waals surface area (Å²) in [4.78, 5) is 2.05. The lowest BCUT2D eigenvalue weighted by Crippen LogP contribution is -2.19. The van der Waals surface area contributed by atoms with Crippen molar-refractivity contribution in [1.82, 2.24) is 4.90 Å². The van der Waals surface area contributed by atoms with Crippen LogP contribution in [0.15, 0.2) is 12.1 Å². The fourth-order valence-electron chi connectivity index (χ4n) is 1.49. The molecule has 2 nitrogen and oxygen atoms in total. The van der Waals surface area contributed by atoms with E-state index in [-0.39, 0.29) is 0 Å². The van der Waals surface area contributed by atoms with Gasteiger partial charge in [-0.25, -0.2) is 0 Å². The number of hydrogen-bond acceptors (Lipinski definition) is 2. The van der Waals surface area contributed by atoms with Crippen molar-refractivity contribution in [3.8, 4) is 5.75 Å². The van der Waals surface area contributed by atoms with Gasteiger partial charge in [0.05, 0.1) is 18.1 Å². The Morgan fingerprint density at radius 1 is 1.38 bits per heavy atom. The number of hydrogen-bond donors (Lipinski definition) is 0. The van der Waals surface area contributed by atoms with Crippen LogP contribution in [0.1, 0.15) is 11.1 Å². The van der Waals surface area contributed by atoms with Crippen molar-refractivity contribution in [3.05, 3.63) is 28.3 Å². The molecule has 0 saturated heterocycles. The normalized spacial score (nSPS) is 10.9. The van der Waals surface area contributed by atoms with Gasteiger partial charge in [0.15, 0.2) is 0 Å². The standard InChI is InChI=1S/C12H17Cl2NO/c1-9-6-12(16-3)11(14)7-10(9)4-5-15(2)8-13/h6-7H,4-5,8H2,1-3H3. The van der Waals surface area contributed by atoms with Crippen LogP contribution in [0, 0.1) is 6.92 Å². The number of ether oxygens (including phenoxy) is 1. The van der Waals surface area contributed by atoms with Gasteiger partial charge in [0.2, 0.25) is 0 Å². The summed E-state index contributed by atoms with van der Waals surface area (Å²) in [5, 5.41) is 0.664. The molecular weight excluding hydrogens is 245 g/mol. The van der Waals surface area contributed by atoms with E-state index in [0.29, 0.717) is 11.0 Å². The van der Waals surface area contributed by atoms with Crippen molar-refractivity contribution in [2.75, 3.05) is 26.7 Å². The largest absolute Gasteiger partial charge is 0.495 e. The number of rotatable bonds is 5. The summed E-state index contributed by atoms with van der Waals surface area (Å²) >= 11 is 11.8. The second-order valence-electron chi connectivity index (χ2n) is 3.86. The Balaban J connectivity index is 2.77. The molecule has 0 aromatic heterocycles. The van der Waals surface area contributed by atoms with Gasteiger partial charge in [-0.3, -0.25) is 4.90 Å². The predicted octanol–water partition coefficient (Wildman–Crippen LogP) is 3.33. The van der Waals surface area contributed by atoms with E-state index in [9.17, 15) is 0 Å². The first-order valence-corrected chi connectivity index (χ1v) is 6.07. The van der Waals surface area contributed by atoms with Gasteiger partial charge >= 0.3 is 0 Å². The smallest absolute Gasteiger partial charge is 0.137 e. The van der Waals surface area contributed by atoms with E-state index in [4.69, 9.17) is 27.9 Å². The highest BCUT2D eigenvalue weighted by atomic mass is 35.5. The first-order valence-electron chi connectivity index (χ1n) is 5.16. The van der Waals surface area contributed by atoms with E-state index in [0.717, 1.165) is 18.7 Å². The molecule has 0 aliphatic rings. The molecule has 0 saturated carbocycles. The van der Waals surface area contributed by atoms with Gasteiger partial charge < -0.3 is 4.74 Å². The molecule has 0 fully saturated rings. The summed E-state index contributed by atoms with van der Waals surface area (Å²) in [7, 11) is 3.62. The maximum Gasteiger partial charge on any atom is 0.137 e. The van der Waals surface area contributed by atoms with Crippen LogP contribution in [-0.2, 0) is 6.42 Å². The molecule has 16 heavy (non-hydrogen) atoms.